The Labute approximate surface area is 172 Å². The van der Waals surface area contributed by atoms with E-state index in [-0.39, 0.29) is 24.5 Å². The maximum atomic E-state index is 13.2. The minimum Gasteiger partial charge on any atom is -0.394 e. The van der Waals surface area contributed by atoms with Crippen molar-refractivity contribution in [3.05, 3.63) is 68.6 Å². The molecule has 9 heteroatoms. The van der Waals surface area contributed by atoms with Gasteiger partial charge in [-0.25, -0.2) is 4.79 Å². The smallest absolute Gasteiger partial charge is 0.332 e. The van der Waals surface area contributed by atoms with Gasteiger partial charge in [0, 0.05) is 32.0 Å². The van der Waals surface area contributed by atoms with Crippen molar-refractivity contribution in [1.29, 1.82) is 0 Å². The molecular weight excluding hydrogens is 386 g/mol. The normalized spacial score (nSPS) is 11.7. The maximum absolute atomic E-state index is 13.2. The van der Waals surface area contributed by atoms with Gasteiger partial charge in [-0.1, -0.05) is 30.3 Å². The lowest BCUT2D eigenvalue weighted by molar-refractivity contribution is 0.0872. The molecule has 0 fully saturated rings. The van der Waals surface area contributed by atoms with E-state index in [9.17, 15) is 9.59 Å². The second-order valence-corrected chi connectivity index (χ2v) is 7.25. The molecule has 0 atom stereocenters. The maximum Gasteiger partial charge on any atom is 0.332 e. The number of aliphatic hydroxyl groups excluding tert-OH is 1. The zero-order valence-electron chi connectivity index (χ0n) is 17.1. The summed E-state index contributed by atoms with van der Waals surface area (Å²) in [6.07, 6.45) is 2.44. The average Bonchev–Trinajstić information content (AvgIpc) is 3.25. The number of rotatable bonds is 8. The quantitative estimate of drug-likeness (QED) is 0.431. The molecule has 0 spiro atoms. The number of hydrogen-bond acceptors (Lipinski definition) is 5. The van der Waals surface area contributed by atoms with Gasteiger partial charge < -0.3 is 14.4 Å². The van der Waals surface area contributed by atoms with Crippen molar-refractivity contribution in [2.45, 2.75) is 26.4 Å². The van der Waals surface area contributed by atoms with E-state index < -0.39 is 0 Å². The van der Waals surface area contributed by atoms with Crippen molar-refractivity contribution in [2.24, 2.45) is 7.05 Å². The summed E-state index contributed by atoms with van der Waals surface area (Å²) in [4.78, 5) is 30.7. The Morgan fingerprint density at radius 3 is 2.57 bits per heavy atom. The summed E-state index contributed by atoms with van der Waals surface area (Å²) in [5.74, 6) is 0.586. The molecule has 4 rings (SSSR count). The Kier molecular flexibility index (Phi) is 5.56. The van der Waals surface area contributed by atoms with Crippen LogP contribution in [0.1, 0.15) is 11.3 Å². The lowest BCUT2D eigenvalue weighted by atomic mass is 10.1. The van der Waals surface area contributed by atoms with Gasteiger partial charge in [0.25, 0.3) is 5.56 Å². The van der Waals surface area contributed by atoms with Crippen LogP contribution < -0.4 is 11.2 Å². The number of imidazole rings is 2. The minimum atomic E-state index is -0.376. The number of nitrogens with zero attached hydrogens (tertiary/aromatic N) is 5. The molecule has 0 unspecified atom stereocenters. The number of aryl methyl sites for hydroxylation is 3. The second-order valence-electron chi connectivity index (χ2n) is 7.25. The SMILES string of the molecule is Cc1cn2c3c(=O)n(CCc4ccccc4)c(=O)n(C)c3nc2n1CCOCCO. The number of aromatic nitrogens is 5. The van der Waals surface area contributed by atoms with Crippen LogP contribution in [0.3, 0.4) is 0 Å². The van der Waals surface area contributed by atoms with E-state index in [2.05, 4.69) is 4.98 Å². The Morgan fingerprint density at radius 1 is 1.07 bits per heavy atom. The van der Waals surface area contributed by atoms with E-state index in [4.69, 9.17) is 9.84 Å². The van der Waals surface area contributed by atoms with E-state index in [0.717, 1.165) is 11.3 Å². The molecule has 3 aromatic heterocycles. The van der Waals surface area contributed by atoms with E-state index in [1.807, 2.05) is 48.0 Å². The van der Waals surface area contributed by atoms with Crippen LogP contribution in [0, 0.1) is 6.92 Å². The highest BCUT2D eigenvalue weighted by molar-refractivity contribution is 5.75. The first-order valence-corrected chi connectivity index (χ1v) is 9.93. The van der Waals surface area contributed by atoms with Gasteiger partial charge in [-0.05, 0) is 18.9 Å². The van der Waals surface area contributed by atoms with Crippen molar-refractivity contribution in [1.82, 2.24) is 23.1 Å². The summed E-state index contributed by atoms with van der Waals surface area (Å²) >= 11 is 0. The second kappa shape index (κ2) is 8.29. The molecule has 0 saturated carbocycles. The number of hydrogen-bond donors (Lipinski definition) is 1. The number of aliphatic hydroxyl groups is 1. The molecule has 158 valence electrons. The molecule has 0 radical (unpaired) electrons. The molecule has 0 amide bonds. The summed E-state index contributed by atoms with van der Waals surface area (Å²) in [6, 6.07) is 9.78. The van der Waals surface area contributed by atoms with E-state index in [1.54, 1.807) is 11.4 Å². The highest BCUT2D eigenvalue weighted by Crippen LogP contribution is 2.16. The van der Waals surface area contributed by atoms with Crippen LogP contribution in [0.15, 0.2) is 46.1 Å². The minimum absolute atomic E-state index is 0.0298. The Bertz CT molecular complexity index is 1300. The van der Waals surface area contributed by atoms with Crippen LogP contribution in [-0.4, -0.2) is 48.0 Å². The fraction of sp³-hybridized carbons (Fsp3) is 0.381. The third-order valence-corrected chi connectivity index (χ3v) is 5.30. The molecule has 0 bridgehead atoms. The van der Waals surface area contributed by atoms with Crippen molar-refractivity contribution in [2.75, 3.05) is 19.8 Å². The van der Waals surface area contributed by atoms with Gasteiger partial charge in [0.2, 0.25) is 5.78 Å². The third-order valence-electron chi connectivity index (χ3n) is 5.30. The fourth-order valence-corrected chi connectivity index (χ4v) is 3.74. The zero-order chi connectivity index (χ0) is 21.3. The first-order valence-electron chi connectivity index (χ1n) is 9.93. The van der Waals surface area contributed by atoms with Crippen LogP contribution in [0.25, 0.3) is 16.9 Å². The molecule has 0 aliphatic rings. The first kappa shape index (κ1) is 20.1. The summed E-state index contributed by atoms with van der Waals surface area (Å²) in [5, 5.41) is 8.86. The van der Waals surface area contributed by atoms with Crippen molar-refractivity contribution in [3.63, 3.8) is 0 Å². The molecule has 1 aromatic carbocycles. The summed E-state index contributed by atoms with van der Waals surface area (Å²) in [7, 11) is 1.64. The summed E-state index contributed by atoms with van der Waals surface area (Å²) in [5.41, 5.74) is 2.02. The van der Waals surface area contributed by atoms with Gasteiger partial charge in [-0.3, -0.25) is 18.3 Å². The number of fused-ring (bicyclic) bond motifs is 3. The predicted molar refractivity (Wildman–Crippen MR) is 113 cm³/mol. The van der Waals surface area contributed by atoms with Crippen LogP contribution in [0.2, 0.25) is 0 Å². The molecule has 4 aromatic rings. The Morgan fingerprint density at radius 2 is 1.83 bits per heavy atom. The lowest BCUT2D eigenvalue weighted by Crippen LogP contribution is -2.39. The first-order chi connectivity index (χ1) is 14.5. The topological polar surface area (TPSA) is 95.7 Å². The van der Waals surface area contributed by atoms with Crippen molar-refractivity contribution >= 4 is 16.9 Å². The number of ether oxygens (including phenoxy) is 1. The third kappa shape index (κ3) is 3.46. The fourth-order valence-electron chi connectivity index (χ4n) is 3.74. The van der Waals surface area contributed by atoms with Gasteiger partial charge in [0.15, 0.2) is 11.2 Å². The summed E-state index contributed by atoms with van der Waals surface area (Å²) in [6.45, 7) is 3.42. The molecule has 0 aliphatic carbocycles. The molecule has 3 heterocycles. The van der Waals surface area contributed by atoms with Crippen LogP contribution in [0.5, 0.6) is 0 Å². The Hall–Kier alpha value is -3.17. The van der Waals surface area contributed by atoms with Gasteiger partial charge in [0.1, 0.15) is 0 Å². The molecular formula is C21H25N5O4. The average molecular weight is 411 g/mol. The Balaban J connectivity index is 1.77. The van der Waals surface area contributed by atoms with Crippen LogP contribution >= 0.6 is 0 Å². The molecule has 0 aliphatic heterocycles. The van der Waals surface area contributed by atoms with Crippen LogP contribution in [0.4, 0.5) is 0 Å². The van der Waals surface area contributed by atoms with E-state index >= 15 is 0 Å². The van der Waals surface area contributed by atoms with E-state index in [1.165, 1.54) is 9.13 Å². The van der Waals surface area contributed by atoms with Crippen molar-refractivity contribution < 1.29 is 9.84 Å². The molecule has 0 saturated heterocycles. The standard InChI is InChI=1S/C21H25N5O4/c1-15-14-26-17-18(22-20(26)24(15)10-12-30-13-11-27)23(2)21(29)25(19(17)28)9-8-16-6-4-3-5-7-16/h3-7,14,27H,8-13H2,1-2H3. The monoisotopic (exact) mass is 411 g/mol. The largest absolute Gasteiger partial charge is 0.394 e. The molecule has 1 N–H and O–H groups in total. The van der Waals surface area contributed by atoms with Crippen molar-refractivity contribution in [3.8, 4) is 0 Å². The molecule has 30 heavy (non-hydrogen) atoms. The van der Waals surface area contributed by atoms with Gasteiger partial charge in [0.05, 0.1) is 19.8 Å². The predicted octanol–water partition coefficient (Wildman–Crippen LogP) is 0.709. The molecule has 9 nitrogen and oxygen atoms in total. The number of benzene rings is 1. The zero-order valence-corrected chi connectivity index (χ0v) is 17.1. The highest BCUT2D eigenvalue weighted by Gasteiger charge is 2.20. The van der Waals surface area contributed by atoms with Gasteiger partial charge in [-0.2, -0.15) is 4.98 Å². The van der Waals surface area contributed by atoms with Gasteiger partial charge >= 0.3 is 5.69 Å². The van der Waals surface area contributed by atoms with Crippen LogP contribution in [-0.2, 0) is 31.3 Å². The highest BCUT2D eigenvalue weighted by atomic mass is 16.5. The lowest BCUT2D eigenvalue weighted by Gasteiger charge is -2.08. The summed E-state index contributed by atoms with van der Waals surface area (Å²) < 4.78 is 11.8. The van der Waals surface area contributed by atoms with E-state index in [0.29, 0.717) is 43.1 Å². The van der Waals surface area contributed by atoms with Gasteiger partial charge in [-0.15, -0.1) is 0 Å².